The minimum atomic E-state index is -0.0868. The Labute approximate surface area is 419 Å². The largest absolute Gasteiger partial charge is 0.456 e. The second-order valence-electron chi connectivity index (χ2n) is 21.4. The molecule has 4 nitrogen and oxygen atoms in total. The van der Waals surface area contributed by atoms with Crippen LogP contribution in [0.1, 0.15) is 61.8 Å². The van der Waals surface area contributed by atoms with Crippen molar-refractivity contribution in [2.75, 3.05) is 14.7 Å². The van der Waals surface area contributed by atoms with Crippen molar-refractivity contribution in [1.82, 2.24) is 0 Å². The molecular formula is C65H52BN3OS. The Hall–Kier alpha value is -7.54. The Balaban J connectivity index is 1.03. The van der Waals surface area contributed by atoms with Gasteiger partial charge in [0.2, 0.25) is 0 Å². The van der Waals surface area contributed by atoms with Gasteiger partial charge in [0.25, 0.3) is 6.71 Å². The van der Waals surface area contributed by atoms with Crippen molar-refractivity contribution >= 4 is 122 Å². The van der Waals surface area contributed by atoms with Crippen LogP contribution >= 0.6 is 11.3 Å². The van der Waals surface area contributed by atoms with E-state index in [0.29, 0.717) is 0 Å². The Morgan fingerprint density at radius 3 is 2.08 bits per heavy atom. The Kier molecular flexibility index (Phi) is 8.58. The van der Waals surface area contributed by atoms with Crippen LogP contribution in [0.3, 0.4) is 0 Å². The van der Waals surface area contributed by atoms with Crippen molar-refractivity contribution in [3.05, 3.63) is 198 Å². The molecule has 0 bridgehead atoms. The molecule has 6 heteroatoms. The molecule has 71 heavy (non-hydrogen) atoms. The smallest absolute Gasteiger partial charge is 0.252 e. The van der Waals surface area contributed by atoms with Crippen molar-refractivity contribution < 1.29 is 4.42 Å². The monoisotopic (exact) mass is 933 g/mol. The molecule has 2 atom stereocenters. The number of benzene rings is 9. The first-order valence-electron chi connectivity index (χ1n) is 25.5. The van der Waals surface area contributed by atoms with Crippen molar-refractivity contribution in [2.45, 2.75) is 71.3 Å². The molecule has 0 saturated heterocycles. The summed E-state index contributed by atoms with van der Waals surface area (Å²) < 4.78 is 9.23. The summed E-state index contributed by atoms with van der Waals surface area (Å²) in [7, 11) is 0. The van der Waals surface area contributed by atoms with Crippen molar-refractivity contribution in [3.8, 4) is 11.1 Å². The zero-order valence-corrected chi connectivity index (χ0v) is 41.6. The lowest BCUT2D eigenvalue weighted by atomic mass is 9.33. The lowest BCUT2D eigenvalue weighted by Gasteiger charge is -2.51. The van der Waals surface area contributed by atoms with Gasteiger partial charge in [0.1, 0.15) is 11.2 Å². The summed E-state index contributed by atoms with van der Waals surface area (Å²) in [5, 5.41) is 4.88. The molecule has 0 amide bonds. The number of anilines is 8. The van der Waals surface area contributed by atoms with E-state index in [1.165, 1.54) is 129 Å². The number of fused-ring (bicyclic) bond motifs is 13. The molecule has 15 rings (SSSR count). The predicted octanol–water partition coefficient (Wildman–Crippen LogP) is 16.4. The highest BCUT2D eigenvalue weighted by molar-refractivity contribution is 7.26. The number of hydrogen-bond donors (Lipinski definition) is 0. The minimum absolute atomic E-state index is 0.0280. The summed E-state index contributed by atoms with van der Waals surface area (Å²) in [5.74, 6) is 0. The average Bonchev–Trinajstić information content (AvgIpc) is 4.02. The molecule has 9 aromatic carbocycles. The lowest BCUT2D eigenvalue weighted by molar-refractivity contribution is 0.194. The molecule has 5 heterocycles. The lowest BCUT2D eigenvalue weighted by Crippen LogP contribution is -2.61. The molecule has 1 aliphatic carbocycles. The van der Waals surface area contributed by atoms with E-state index in [0.717, 1.165) is 34.0 Å². The summed E-state index contributed by atoms with van der Waals surface area (Å²) in [6, 6.07) is 66.6. The Morgan fingerprint density at radius 2 is 1.21 bits per heavy atom. The number of para-hydroxylation sites is 1. The van der Waals surface area contributed by atoms with E-state index in [1.807, 2.05) is 11.3 Å². The van der Waals surface area contributed by atoms with E-state index in [4.69, 9.17) is 4.42 Å². The molecule has 342 valence electrons. The first kappa shape index (κ1) is 41.3. The fraction of sp³-hybridized carbons (Fsp3) is 0.169. The molecule has 1 saturated carbocycles. The molecule has 11 aromatic rings. The quantitative estimate of drug-likeness (QED) is 0.164. The highest BCUT2D eigenvalue weighted by atomic mass is 32.1. The van der Waals surface area contributed by atoms with Gasteiger partial charge in [-0.25, -0.2) is 0 Å². The molecular weight excluding hydrogens is 882 g/mol. The Morgan fingerprint density at radius 1 is 0.493 bits per heavy atom. The Bertz CT molecular complexity index is 4080. The van der Waals surface area contributed by atoms with Gasteiger partial charge < -0.3 is 19.1 Å². The minimum Gasteiger partial charge on any atom is -0.456 e. The van der Waals surface area contributed by atoms with Gasteiger partial charge in [-0.15, -0.1) is 11.3 Å². The summed E-state index contributed by atoms with van der Waals surface area (Å²) in [4.78, 5) is 7.97. The van der Waals surface area contributed by atoms with Crippen LogP contribution in [0.5, 0.6) is 0 Å². The number of nitrogens with zero attached hydrogens (tertiary/aromatic N) is 3. The van der Waals surface area contributed by atoms with Gasteiger partial charge in [-0.3, -0.25) is 0 Å². The van der Waals surface area contributed by atoms with Gasteiger partial charge in [0, 0.05) is 77.5 Å². The highest BCUT2D eigenvalue weighted by Crippen LogP contribution is 2.62. The first-order valence-corrected chi connectivity index (χ1v) is 26.3. The highest BCUT2D eigenvalue weighted by Gasteiger charge is 2.58. The fourth-order valence-electron chi connectivity index (χ4n) is 14.1. The predicted molar refractivity (Wildman–Crippen MR) is 303 cm³/mol. The van der Waals surface area contributed by atoms with Crippen molar-refractivity contribution in [2.24, 2.45) is 0 Å². The molecule has 0 radical (unpaired) electrons. The summed E-state index contributed by atoms with van der Waals surface area (Å²) in [6.07, 6.45) is 4.84. The molecule has 3 aliphatic heterocycles. The van der Waals surface area contributed by atoms with Crippen LogP contribution in [0, 0.1) is 20.8 Å². The number of aryl methyl sites for hydroxylation is 3. The van der Waals surface area contributed by atoms with Gasteiger partial charge in [0.05, 0.1) is 15.9 Å². The van der Waals surface area contributed by atoms with Crippen LogP contribution in [-0.4, -0.2) is 12.3 Å². The maximum atomic E-state index is 6.62. The summed E-state index contributed by atoms with van der Waals surface area (Å²) >= 11 is 1.91. The number of furan rings is 1. The van der Waals surface area contributed by atoms with Gasteiger partial charge in [-0.1, -0.05) is 123 Å². The SMILES string of the molecule is Cc1cc2c3c(c1)N(c1cccc4c1sc1ccccc14)c1cc(N4c5cc(C)cc(C)c5C5(C)CCCCC45C)ccc1B3c1cc(-c3ccccc3)ccc1N2c1ccc2c(c1)oc1ccccc12. The normalized spacial score (nSPS) is 18.8. The molecule has 2 unspecified atom stereocenters. The third-order valence-corrected chi connectivity index (χ3v) is 18.5. The maximum absolute atomic E-state index is 6.62. The molecule has 2 aromatic heterocycles. The second kappa shape index (κ2) is 14.8. The van der Waals surface area contributed by atoms with Gasteiger partial charge >= 0.3 is 0 Å². The van der Waals surface area contributed by atoms with Gasteiger partial charge in [-0.05, 0) is 157 Å². The topological polar surface area (TPSA) is 22.9 Å². The van der Waals surface area contributed by atoms with Crippen molar-refractivity contribution in [3.63, 3.8) is 0 Å². The molecule has 1 fully saturated rings. The zero-order chi connectivity index (χ0) is 47.5. The van der Waals surface area contributed by atoms with Gasteiger partial charge in [0.15, 0.2) is 0 Å². The van der Waals surface area contributed by atoms with Crippen LogP contribution in [0.4, 0.5) is 45.5 Å². The number of thiophene rings is 1. The van der Waals surface area contributed by atoms with E-state index in [-0.39, 0.29) is 17.7 Å². The summed E-state index contributed by atoms with van der Waals surface area (Å²) in [5.41, 5.74) is 23.4. The molecule has 4 aliphatic rings. The van der Waals surface area contributed by atoms with Crippen LogP contribution in [-0.2, 0) is 5.41 Å². The van der Waals surface area contributed by atoms with E-state index < -0.39 is 0 Å². The molecule has 0 N–H and O–H groups in total. The van der Waals surface area contributed by atoms with E-state index in [2.05, 4.69) is 225 Å². The standard InChI is InChI=1S/C65H52BN3OS/c1-39-32-41(3)61-55(33-39)69(65(5)31-14-13-30-64(61,65)4)45-26-28-50-54(37-45)68(53-21-15-20-49-48-19-10-12-23-60(48)71-63(49)53)57-35-40(2)34-56-62(57)66(50)51-36-43(42-16-7-6-8-17-42)24-29-52(51)67(56)44-25-27-47-46-18-9-11-22-58(46)70-59(47)38-44/h6-12,15-29,32-38H,13-14,30-31H2,1-5H3. The third kappa shape index (κ3) is 5.63. The third-order valence-electron chi connectivity index (χ3n) is 17.3. The van der Waals surface area contributed by atoms with E-state index >= 15 is 0 Å². The summed E-state index contributed by atoms with van der Waals surface area (Å²) in [6.45, 7) is 12.0. The second-order valence-corrected chi connectivity index (χ2v) is 22.4. The molecule has 0 spiro atoms. The average molecular weight is 934 g/mol. The van der Waals surface area contributed by atoms with Crippen LogP contribution in [0.15, 0.2) is 180 Å². The zero-order valence-electron chi connectivity index (χ0n) is 40.8. The first-order chi connectivity index (χ1) is 34.7. The van der Waals surface area contributed by atoms with E-state index in [9.17, 15) is 0 Å². The van der Waals surface area contributed by atoms with Crippen molar-refractivity contribution in [1.29, 1.82) is 0 Å². The maximum Gasteiger partial charge on any atom is 0.252 e. The van der Waals surface area contributed by atoms with Crippen LogP contribution < -0.4 is 31.1 Å². The number of rotatable bonds is 4. The van der Waals surface area contributed by atoms with Gasteiger partial charge in [-0.2, -0.15) is 0 Å². The number of hydrogen-bond acceptors (Lipinski definition) is 5. The van der Waals surface area contributed by atoms with Crippen LogP contribution in [0.25, 0.3) is 53.2 Å². The van der Waals surface area contributed by atoms with Crippen LogP contribution in [0.2, 0.25) is 0 Å². The van der Waals surface area contributed by atoms with E-state index in [1.54, 1.807) is 0 Å². The fourth-order valence-corrected chi connectivity index (χ4v) is 15.4.